The summed E-state index contributed by atoms with van der Waals surface area (Å²) in [6.45, 7) is 0.192. The number of esters is 2. The molecule has 2 atom stereocenters. The first-order valence-corrected chi connectivity index (χ1v) is 5.75. The molecule has 1 aromatic carbocycles. The van der Waals surface area contributed by atoms with Crippen molar-refractivity contribution in [1.82, 2.24) is 5.32 Å². The average Bonchev–Trinajstić information content (AvgIpc) is 2.42. The van der Waals surface area contributed by atoms with Crippen molar-refractivity contribution in [3.05, 3.63) is 35.9 Å². The monoisotopic (exact) mass is 249 g/mol. The molecule has 0 aliphatic carbocycles. The molecule has 1 aliphatic heterocycles. The van der Waals surface area contributed by atoms with Gasteiger partial charge in [-0.05, 0) is 5.56 Å². The maximum atomic E-state index is 11.7. The Balaban J connectivity index is 2.06. The van der Waals surface area contributed by atoms with Crippen LogP contribution in [-0.2, 0) is 19.1 Å². The zero-order chi connectivity index (χ0) is 13.0. The summed E-state index contributed by atoms with van der Waals surface area (Å²) in [7, 11) is 1.34. The number of rotatable bonds is 3. The third kappa shape index (κ3) is 2.87. The highest BCUT2D eigenvalue weighted by atomic mass is 16.5. The van der Waals surface area contributed by atoms with E-state index in [1.165, 1.54) is 7.11 Å². The van der Waals surface area contributed by atoms with Crippen LogP contribution in [0.5, 0.6) is 0 Å². The highest BCUT2D eigenvalue weighted by Gasteiger charge is 2.31. The molecule has 0 amide bonds. The summed E-state index contributed by atoms with van der Waals surface area (Å²) in [6, 6.07) is 8.56. The number of morpholine rings is 1. The number of carbonyl (C=O) groups excluding carboxylic acids is 2. The Labute approximate surface area is 105 Å². The zero-order valence-electron chi connectivity index (χ0n) is 10.1. The fourth-order valence-corrected chi connectivity index (χ4v) is 1.90. The summed E-state index contributed by atoms with van der Waals surface area (Å²) in [6.07, 6.45) is 0.188. The van der Waals surface area contributed by atoms with Gasteiger partial charge in [0.25, 0.3) is 0 Å². The predicted octanol–water partition coefficient (Wildman–Crippen LogP) is 0.806. The predicted molar refractivity (Wildman–Crippen MR) is 63.7 cm³/mol. The van der Waals surface area contributed by atoms with Crippen LogP contribution in [-0.4, -0.2) is 31.7 Å². The zero-order valence-corrected chi connectivity index (χ0v) is 10.1. The number of hydrogen-bond donors (Lipinski definition) is 1. The number of nitrogens with one attached hydrogen (secondary N) is 1. The minimum Gasteiger partial charge on any atom is -0.469 e. The second-order valence-corrected chi connectivity index (χ2v) is 4.12. The van der Waals surface area contributed by atoms with Gasteiger partial charge in [-0.15, -0.1) is 0 Å². The normalized spacial score (nSPS) is 23.3. The molecule has 5 nitrogen and oxygen atoms in total. The van der Waals surface area contributed by atoms with Crippen LogP contribution in [0.1, 0.15) is 18.0 Å². The van der Waals surface area contributed by atoms with Gasteiger partial charge < -0.3 is 9.47 Å². The first kappa shape index (κ1) is 12.6. The number of carbonyl (C=O) groups is 2. The van der Waals surface area contributed by atoms with Crippen molar-refractivity contribution in [2.75, 3.05) is 13.7 Å². The summed E-state index contributed by atoms with van der Waals surface area (Å²) < 4.78 is 9.70. The molecule has 1 heterocycles. The molecule has 0 aromatic heterocycles. The third-order valence-electron chi connectivity index (χ3n) is 2.84. The van der Waals surface area contributed by atoms with E-state index >= 15 is 0 Å². The second kappa shape index (κ2) is 5.64. The summed E-state index contributed by atoms with van der Waals surface area (Å²) >= 11 is 0. The lowest BCUT2D eigenvalue weighted by molar-refractivity contribution is -0.154. The fraction of sp³-hybridized carbons (Fsp3) is 0.385. The van der Waals surface area contributed by atoms with Gasteiger partial charge in [0.2, 0.25) is 0 Å². The first-order chi connectivity index (χ1) is 8.70. The van der Waals surface area contributed by atoms with Gasteiger partial charge in [-0.25, -0.2) is 4.79 Å². The van der Waals surface area contributed by atoms with Gasteiger partial charge in [-0.3, -0.25) is 10.1 Å². The quantitative estimate of drug-likeness (QED) is 0.803. The van der Waals surface area contributed by atoms with E-state index in [1.54, 1.807) is 0 Å². The Morgan fingerprint density at radius 1 is 1.44 bits per heavy atom. The first-order valence-electron chi connectivity index (χ1n) is 5.75. The summed E-state index contributed by atoms with van der Waals surface area (Å²) in [5.41, 5.74) is 0.831. The average molecular weight is 249 g/mol. The van der Waals surface area contributed by atoms with Crippen LogP contribution in [0, 0.1) is 0 Å². The molecule has 0 bridgehead atoms. The minimum absolute atomic E-state index is 0.188. The van der Waals surface area contributed by atoms with Gasteiger partial charge in [-0.1, -0.05) is 30.3 Å². The van der Waals surface area contributed by atoms with Crippen molar-refractivity contribution >= 4 is 11.9 Å². The molecule has 1 fully saturated rings. The topological polar surface area (TPSA) is 64.6 Å². The van der Waals surface area contributed by atoms with Gasteiger partial charge in [0.15, 0.2) is 0 Å². The van der Waals surface area contributed by atoms with Crippen LogP contribution in [0.2, 0.25) is 0 Å². The number of cyclic esters (lactones) is 1. The molecule has 1 saturated heterocycles. The highest BCUT2D eigenvalue weighted by Crippen LogP contribution is 2.19. The van der Waals surface area contributed by atoms with E-state index in [4.69, 9.17) is 4.74 Å². The molecular weight excluding hydrogens is 234 g/mol. The van der Waals surface area contributed by atoms with Crippen LogP contribution < -0.4 is 5.32 Å². The smallest absolute Gasteiger partial charge is 0.327 e. The van der Waals surface area contributed by atoms with Crippen LogP contribution in [0.3, 0.4) is 0 Å². The van der Waals surface area contributed by atoms with E-state index in [9.17, 15) is 9.59 Å². The van der Waals surface area contributed by atoms with Crippen molar-refractivity contribution < 1.29 is 19.1 Å². The molecule has 0 saturated carbocycles. The van der Waals surface area contributed by atoms with Gasteiger partial charge in [-0.2, -0.15) is 0 Å². The number of ether oxygens (including phenoxy) is 2. The molecule has 0 unspecified atom stereocenters. The lowest BCUT2D eigenvalue weighted by atomic mass is 10.0. The Morgan fingerprint density at radius 3 is 2.83 bits per heavy atom. The van der Waals surface area contributed by atoms with Crippen LogP contribution in [0.15, 0.2) is 30.3 Å². The van der Waals surface area contributed by atoms with Gasteiger partial charge >= 0.3 is 11.9 Å². The maximum Gasteiger partial charge on any atom is 0.327 e. The Hall–Kier alpha value is -1.88. The van der Waals surface area contributed by atoms with E-state index < -0.39 is 6.04 Å². The SMILES string of the molecule is COC(=O)C[C@@H]1COC(=O)[C@@H](c2ccccc2)N1. The third-order valence-corrected chi connectivity index (χ3v) is 2.84. The van der Waals surface area contributed by atoms with E-state index in [0.29, 0.717) is 0 Å². The molecule has 0 radical (unpaired) electrons. The van der Waals surface area contributed by atoms with E-state index in [1.807, 2.05) is 30.3 Å². The lowest BCUT2D eigenvalue weighted by Crippen LogP contribution is -2.47. The largest absolute Gasteiger partial charge is 0.469 e. The number of benzene rings is 1. The minimum atomic E-state index is -0.519. The molecule has 2 rings (SSSR count). The Bertz CT molecular complexity index is 432. The Kier molecular flexibility index (Phi) is 3.94. The molecule has 0 spiro atoms. The van der Waals surface area contributed by atoms with Gasteiger partial charge in [0, 0.05) is 0 Å². The van der Waals surface area contributed by atoms with Crippen molar-refractivity contribution in [1.29, 1.82) is 0 Å². The van der Waals surface area contributed by atoms with Crippen molar-refractivity contribution in [2.24, 2.45) is 0 Å². The maximum absolute atomic E-state index is 11.7. The van der Waals surface area contributed by atoms with Crippen molar-refractivity contribution in [3.8, 4) is 0 Å². The molecule has 18 heavy (non-hydrogen) atoms. The fourth-order valence-electron chi connectivity index (χ4n) is 1.90. The molecule has 96 valence electrons. The lowest BCUT2D eigenvalue weighted by Gasteiger charge is -2.29. The van der Waals surface area contributed by atoms with Crippen LogP contribution in [0.4, 0.5) is 0 Å². The van der Waals surface area contributed by atoms with Gasteiger partial charge in [0.1, 0.15) is 12.6 Å². The standard InChI is InChI=1S/C13H15NO4/c1-17-11(15)7-10-8-18-13(16)12(14-10)9-5-3-2-4-6-9/h2-6,10,12,14H,7-8H2,1H3/t10-,12-/m1/s1. The van der Waals surface area contributed by atoms with Crippen molar-refractivity contribution in [2.45, 2.75) is 18.5 Å². The summed E-state index contributed by atoms with van der Waals surface area (Å²) in [5, 5.41) is 3.11. The van der Waals surface area contributed by atoms with Gasteiger partial charge in [0.05, 0.1) is 19.6 Å². The van der Waals surface area contributed by atoms with E-state index in [-0.39, 0.29) is 31.0 Å². The van der Waals surface area contributed by atoms with Crippen molar-refractivity contribution in [3.63, 3.8) is 0 Å². The van der Waals surface area contributed by atoms with E-state index in [2.05, 4.69) is 10.1 Å². The highest BCUT2D eigenvalue weighted by molar-refractivity contribution is 5.79. The molecule has 1 aromatic rings. The van der Waals surface area contributed by atoms with E-state index in [0.717, 1.165) is 5.56 Å². The van der Waals surface area contributed by atoms with Crippen LogP contribution in [0.25, 0.3) is 0 Å². The molecule has 1 aliphatic rings. The van der Waals surface area contributed by atoms with Crippen LogP contribution >= 0.6 is 0 Å². The Morgan fingerprint density at radius 2 is 2.17 bits per heavy atom. The summed E-state index contributed by atoms with van der Waals surface area (Å²) in [5.74, 6) is -0.639. The molecule has 1 N–H and O–H groups in total. The second-order valence-electron chi connectivity index (χ2n) is 4.12. The summed E-state index contributed by atoms with van der Waals surface area (Å²) in [4.78, 5) is 22.9. The number of hydrogen-bond acceptors (Lipinski definition) is 5. The number of methoxy groups -OCH3 is 1. The molecular formula is C13H15NO4. The molecule has 5 heteroatoms.